The van der Waals surface area contributed by atoms with Crippen molar-refractivity contribution in [3.63, 3.8) is 0 Å². The second-order valence-electron chi connectivity index (χ2n) is 4.10. The minimum Gasteiger partial charge on any atom is -0.299 e. The predicted molar refractivity (Wildman–Crippen MR) is 51.5 cm³/mol. The maximum atomic E-state index is 11.4. The van der Waals surface area contributed by atoms with Gasteiger partial charge in [0.15, 0.2) is 0 Å². The summed E-state index contributed by atoms with van der Waals surface area (Å²) in [6.45, 7) is 2.94. The predicted octanol–water partition coefficient (Wildman–Crippen LogP) is 0.0535. The summed E-state index contributed by atoms with van der Waals surface area (Å²) in [6.07, 6.45) is 1.18. The molecule has 14 heavy (non-hydrogen) atoms. The van der Waals surface area contributed by atoms with Gasteiger partial charge in [-0.3, -0.25) is 19.8 Å². The molecular weight excluding hydrogens is 180 g/mol. The first-order valence-corrected chi connectivity index (χ1v) is 4.83. The number of hydrogen-bond acceptors (Lipinski definition) is 3. The highest BCUT2D eigenvalue weighted by molar-refractivity contribution is 6.13. The van der Waals surface area contributed by atoms with E-state index in [-0.39, 0.29) is 18.2 Å². The normalized spacial score (nSPS) is 34.0. The molecule has 2 heterocycles. The summed E-state index contributed by atoms with van der Waals surface area (Å²) in [6, 6.07) is 0.473. The highest BCUT2D eigenvalue weighted by Gasteiger charge is 2.31. The molecule has 0 saturated carbocycles. The first kappa shape index (κ1) is 9.40. The molecule has 4 heteroatoms. The van der Waals surface area contributed by atoms with Crippen molar-refractivity contribution in [1.82, 2.24) is 10.2 Å². The molecule has 0 aliphatic carbocycles. The highest BCUT2D eigenvalue weighted by atomic mass is 16.2. The van der Waals surface area contributed by atoms with E-state index in [4.69, 9.17) is 0 Å². The molecule has 2 rings (SSSR count). The minimum absolute atomic E-state index is 0.167. The van der Waals surface area contributed by atoms with Crippen LogP contribution in [0.4, 0.5) is 0 Å². The SMILES string of the molecule is CC1CC(=C2CC(=O)NC2=O)CN1C. The minimum atomic E-state index is -0.187. The van der Waals surface area contributed by atoms with Gasteiger partial charge in [-0.15, -0.1) is 0 Å². The molecule has 0 aromatic rings. The third-order valence-corrected chi connectivity index (χ3v) is 3.03. The average molecular weight is 194 g/mol. The number of rotatable bonds is 0. The lowest BCUT2D eigenvalue weighted by molar-refractivity contribution is -0.124. The fourth-order valence-corrected chi connectivity index (χ4v) is 2.03. The standard InChI is InChI=1S/C10H14N2O2/c1-6-3-7(5-12(6)2)8-4-9(13)11-10(8)14/h6H,3-5H2,1-2H3,(H,11,13,14). The summed E-state index contributed by atoms with van der Waals surface area (Å²) < 4.78 is 0. The third kappa shape index (κ3) is 1.46. The van der Waals surface area contributed by atoms with Gasteiger partial charge < -0.3 is 0 Å². The summed E-state index contributed by atoms with van der Waals surface area (Å²) in [5.41, 5.74) is 1.83. The van der Waals surface area contributed by atoms with Crippen LogP contribution in [0.2, 0.25) is 0 Å². The van der Waals surface area contributed by atoms with E-state index < -0.39 is 0 Å². The molecule has 1 unspecified atom stereocenters. The van der Waals surface area contributed by atoms with Gasteiger partial charge in [0, 0.05) is 18.2 Å². The van der Waals surface area contributed by atoms with E-state index in [1.807, 2.05) is 7.05 Å². The van der Waals surface area contributed by atoms with Crippen molar-refractivity contribution < 1.29 is 9.59 Å². The van der Waals surface area contributed by atoms with Crippen LogP contribution in [0.15, 0.2) is 11.1 Å². The second kappa shape index (κ2) is 3.20. The molecule has 0 radical (unpaired) electrons. The molecule has 76 valence electrons. The van der Waals surface area contributed by atoms with E-state index in [1.54, 1.807) is 0 Å². The van der Waals surface area contributed by atoms with Gasteiger partial charge >= 0.3 is 0 Å². The lowest BCUT2D eigenvalue weighted by atomic mass is 10.0. The number of carbonyl (C=O) groups excluding carboxylic acids is 2. The molecule has 1 atom stereocenters. The Morgan fingerprint density at radius 2 is 2.14 bits per heavy atom. The van der Waals surface area contributed by atoms with Crippen LogP contribution in [0.1, 0.15) is 19.8 Å². The van der Waals surface area contributed by atoms with Gasteiger partial charge in [-0.2, -0.15) is 0 Å². The monoisotopic (exact) mass is 194 g/mol. The number of nitrogens with one attached hydrogen (secondary N) is 1. The topological polar surface area (TPSA) is 49.4 Å². The van der Waals surface area contributed by atoms with Crippen LogP contribution in [-0.4, -0.2) is 36.3 Å². The number of amides is 2. The van der Waals surface area contributed by atoms with Crippen molar-refractivity contribution in [2.75, 3.05) is 13.6 Å². The molecule has 0 bridgehead atoms. The van der Waals surface area contributed by atoms with Crippen LogP contribution in [0.3, 0.4) is 0 Å². The molecule has 2 amide bonds. The summed E-state index contributed by atoms with van der Waals surface area (Å²) in [5.74, 6) is -0.354. The number of carbonyl (C=O) groups is 2. The summed E-state index contributed by atoms with van der Waals surface area (Å²) in [5, 5.41) is 2.32. The second-order valence-corrected chi connectivity index (χ2v) is 4.10. The number of imide groups is 1. The zero-order chi connectivity index (χ0) is 10.3. The van der Waals surface area contributed by atoms with Crippen LogP contribution in [-0.2, 0) is 9.59 Å². The maximum Gasteiger partial charge on any atom is 0.254 e. The number of hydrogen-bond donors (Lipinski definition) is 1. The molecule has 2 fully saturated rings. The Balaban J connectivity index is 2.25. The van der Waals surface area contributed by atoms with Crippen LogP contribution < -0.4 is 5.32 Å². The smallest absolute Gasteiger partial charge is 0.254 e. The van der Waals surface area contributed by atoms with E-state index >= 15 is 0 Å². The highest BCUT2D eigenvalue weighted by Crippen LogP contribution is 2.26. The van der Waals surface area contributed by atoms with Gasteiger partial charge in [0.05, 0.1) is 6.42 Å². The van der Waals surface area contributed by atoms with Crippen molar-refractivity contribution in [3.05, 3.63) is 11.1 Å². The Labute approximate surface area is 83.0 Å². The van der Waals surface area contributed by atoms with Gasteiger partial charge in [-0.1, -0.05) is 0 Å². The van der Waals surface area contributed by atoms with E-state index in [0.29, 0.717) is 11.6 Å². The molecule has 0 aromatic carbocycles. The van der Waals surface area contributed by atoms with Crippen LogP contribution in [0.5, 0.6) is 0 Å². The van der Waals surface area contributed by atoms with E-state index in [2.05, 4.69) is 17.1 Å². The summed E-state index contributed by atoms with van der Waals surface area (Å²) >= 11 is 0. The first-order chi connectivity index (χ1) is 6.58. The van der Waals surface area contributed by atoms with Gasteiger partial charge in [0.25, 0.3) is 5.91 Å². The molecule has 0 spiro atoms. The quantitative estimate of drug-likeness (QED) is 0.438. The summed E-state index contributed by atoms with van der Waals surface area (Å²) in [4.78, 5) is 24.6. The van der Waals surface area contributed by atoms with Crippen LogP contribution in [0.25, 0.3) is 0 Å². The lowest BCUT2D eigenvalue weighted by Crippen LogP contribution is -2.21. The van der Waals surface area contributed by atoms with Gasteiger partial charge in [-0.25, -0.2) is 0 Å². The van der Waals surface area contributed by atoms with E-state index in [9.17, 15) is 9.59 Å². The van der Waals surface area contributed by atoms with Crippen LogP contribution in [0, 0.1) is 0 Å². The van der Waals surface area contributed by atoms with Gasteiger partial charge in [0.1, 0.15) is 0 Å². The van der Waals surface area contributed by atoms with Crippen molar-refractivity contribution in [1.29, 1.82) is 0 Å². The number of likely N-dealkylation sites (tertiary alicyclic amines) is 1. The molecule has 2 aliphatic heterocycles. The van der Waals surface area contributed by atoms with Crippen molar-refractivity contribution in [2.24, 2.45) is 0 Å². The Morgan fingerprint density at radius 3 is 2.57 bits per heavy atom. The third-order valence-electron chi connectivity index (χ3n) is 3.03. The van der Waals surface area contributed by atoms with Crippen molar-refractivity contribution >= 4 is 11.8 Å². The molecule has 4 nitrogen and oxygen atoms in total. The fraction of sp³-hybridized carbons (Fsp3) is 0.600. The summed E-state index contributed by atoms with van der Waals surface area (Å²) in [7, 11) is 2.03. The van der Waals surface area contributed by atoms with E-state index in [0.717, 1.165) is 18.5 Å². The van der Waals surface area contributed by atoms with Crippen molar-refractivity contribution in [3.8, 4) is 0 Å². The molecule has 0 aromatic heterocycles. The zero-order valence-electron chi connectivity index (χ0n) is 8.46. The van der Waals surface area contributed by atoms with Gasteiger partial charge in [0.2, 0.25) is 5.91 Å². The van der Waals surface area contributed by atoms with Gasteiger partial charge in [-0.05, 0) is 26.0 Å². The molecular formula is C10H14N2O2. The zero-order valence-corrected chi connectivity index (χ0v) is 8.46. The van der Waals surface area contributed by atoms with Crippen molar-refractivity contribution in [2.45, 2.75) is 25.8 Å². The van der Waals surface area contributed by atoms with E-state index in [1.165, 1.54) is 0 Å². The molecule has 2 aliphatic rings. The number of nitrogens with zero attached hydrogens (tertiary/aromatic N) is 1. The fourth-order valence-electron chi connectivity index (χ4n) is 2.03. The Morgan fingerprint density at radius 1 is 1.43 bits per heavy atom. The lowest BCUT2D eigenvalue weighted by Gasteiger charge is -2.11. The van der Waals surface area contributed by atoms with Crippen LogP contribution >= 0.6 is 0 Å². The Kier molecular flexibility index (Phi) is 2.15. The Bertz CT molecular complexity index is 321. The maximum absolute atomic E-state index is 11.4. The first-order valence-electron chi connectivity index (χ1n) is 4.83. The largest absolute Gasteiger partial charge is 0.299 e. The molecule has 2 saturated heterocycles. The average Bonchev–Trinajstić information content (AvgIpc) is 2.57. The Hall–Kier alpha value is -1.16. The molecule has 1 N–H and O–H groups in total. The number of likely N-dealkylation sites (N-methyl/N-ethyl adjacent to an activating group) is 1.